The van der Waals surface area contributed by atoms with Gasteiger partial charge in [0, 0.05) is 16.3 Å². The van der Waals surface area contributed by atoms with Crippen molar-refractivity contribution in [2.75, 3.05) is 0 Å². The van der Waals surface area contributed by atoms with Crippen molar-refractivity contribution in [3.05, 3.63) is 49.7 Å². The predicted octanol–water partition coefficient (Wildman–Crippen LogP) is 2.91. The van der Waals surface area contributed by atoms with Crippen LogP contribution in [0.4, 0.5) is 4.39 Å². The van der Waals surface area contributed by atoms with Crippen LogP contribution in [0.25, 0.3) is 0 Å². The molecule has 1 aromatic heterocycles. The summed E-state index contributed by atoms with van der Waals surface area (Å²) in [6.45, 7) is 0. The van der Waals surface area contributed by atoms with E-state index in [0.717, 1.165) is 0 Å². The zero-order valence-corrected chi connectivity index (χ0v) is 11.3. The molecule has 0 aliphatic rings. The molecule has 0 radical (unpaired) electrons. The van der Waals surface area contributed by atoms with Gasteiger partial charge in [0.05, 0.1) is 0 Å². The van der Waals surface area contributed by atoms with E-state index in [1.165, 1.54) is 23.9 Å². The van der Waals surface area contributed by atoms with Crippen molar-refractivity contribution in [1.29, 1.82) is 0 Å². The van der Waals surface area contributed by atoms with Gasteiger partial charge in [0.2, 0.25) is 0 Å². The van der Waals surface area contributed by atoms with Gasteiger partial charge in [-0.25, -0.2) is 14.3 Å². The van der Waals surface area contributed by atoms with Gasteiger partial charge in [0.15, 0.2) is 5.03 Å². The van der Waals surface area contributed by atoms with E-state index in [4.69, 9.17) is 23.8 Å². The van der Waals surface area contributed by atoms with Gasteiger partial charge in [-0.1, -0.05) is 41.6 Å². The third kappa shape index (κ3) is 2.98. The fraction of sp³-hybridized carbons (Fsp3) is 0.100. The van der Waals surface area contributed by atoms with Crippen molar-refractivity contribution in [1.82, 2.24) is 15.2 Å². The van der Waals surface area contributed by atoms with Crippen molar-refractivity contribution in [3.8, 4) is 0 Å². The molecular weight excluding hydrogens is 297 g/mol. The Morgan fingerprint density at radius 3 is 2.94 bits per heavy atom. The highest BCUT2D eigenvalue weighted by molar-refractivity contribution is 7.98. The minimum Gasteiger partial charge on any atom is -0.295 e. The molecule has 0 unspecified atom stereocenters. The molecule has 0 saturated carbocycles. The molecule has 0 fully saturated rings. The van der Waals surface area contributed by atoms with E-state index in [9.17, 15) is 9.18 Å². The number of thioether (sulfide) groups is 1. The first-order valence-electron chi connectivity index (χ1n) is 4.82. The van der Waals surface area contributed by atoms with Crippen LogP contribution in [0.1, 0.15) is 5.56 Å². The Morgan fingerprint density at radius 2 is 2.28 bits per heavy atom. The second-order valence-electron chi connectivity index (χ2n) is 3.30. The number of hydrogen-bond donors (Lipinski definition) is 2. The van der Waals surface area contributed by atoms with E-state index in [1.54, 1.807) is 6.07 Å². The van der Waals surface area contributed by atoms with Crippen molar-refractivity contribution in [2.45, 2.75) is 10.8 Å². The third-order valence-corrected chi connectivity index (χ3v) is 3.88. The largest absolute Gasteiger partial charge is 0.340 e. The second kappa shape index (κ2) is 5.64. The summed E-state index contributed by atoms with van der Waals surface area (Å²) < 4.78 is 13.7. The lowest BCUT2D eigenvalue weighted by Gasteiger charge is -2.04. The van der Waals surface area contributed by atoms with Crippen molar-refractivity contribution < 1.29 is 4.39 Å². The number of halogens is 2. The minimum absolute atomic E-state index is 0.219. The Labute approximate surface area is 116 Å². The average molecular weight is 304 g/mol. The lowest BCUT2D eigenvalue weighted by Crippen LogP contribution is -2.12. The quantitative estimate of drug-likeness (QED) is 0.676. The lowest BCUT2D eigenvalue weighted by molar-refractivity contribution is 0.617. The standard InChI is InChI=1S/C10H7ClFN3OS2/c11-6-2-1-3-7(12)5(6)4-18-9-8(17)13-10(16)15-14-9/h1-3H,4H2,(H2,13,15,16,17). The fourth-order valence-electron chi connectivity index (χ4n) is 1.25. The number of hydrogen-bond acceptors (Lipinski definition) is 4. The van der Waals surface area contributed by atoms with E-state index in [0.29, 0.717) is 15.6 Å². The molecule has 0 atom stereocenters. The van der Waals surface area contributed by atoms with Gasteiger partial charge in [-0.15, -0.1) is 0 Å². The second-order valence-corrected chi connectivity index (χ2v) is 5.08. The number of H-pyrrole nitrogens is 2. The zero-order valence-electron chi connectivity index (χ0n) is 8.87. The maximum absolute atomic E-state index is 13.5. The SMILES string of the molecule is O=c1[nH]nc(SCc2c(F)cccc2Cl)c(=S)[nH]1. The summed E-state index contributed by atoms with van der Waals surface area (Å²) >= 11 is 12.0. The van der Waals surface area contributed by atoms with Crippen LogP contribution in [0.2, 0.25) is 5.02 Å². The predicted molar refractivity (Wildman–Crippen MR) is 71.0 cm³/mol. The first-order valence-corrected chi connectivity index (χ1v) is 6.60. The maximum Gasteiger partial charge on any atom is 0.340 e. The molecule has 1 aromatic carbocycles. The molecule has 4 nitrogen and oxygen atoms in total. The van der Waals surface area contributed by atoms with Gasteiger partial charge in [-0.05, 0) is 12.1 Å². The van der Waals surface area contributed by atoms with Crippen LogP contribution in [0.3, 0.4) is 0 Å². The summed E-state index contributed by atoms with van der Waals surface area (Å²) in [6.07, 6.45) is 0. The summed E-state index contributed by atoms with van der Waals surface area (Å²) in [4.78, 5) is 13.3. The molecule has 1 heterocycles. The summed E-state index contributed by atoms with van der Waals surface area (Å²) in [7, 11) is 0. The van der Waals surface area contributed by atoms with Gasteiger partial charge in [-0.3, -0.25) is 4.98 Å². The molecule has 94 valence electrons. The molecule has 8 heteroatoms. The van der Waals surface area contributed by atoms with Gasteiger partial charge in [-0.2, -0.15) is 5.10 Å². The Hall–Kier alpha value is -1.18. The van der Waals surface area contributed by atoms with E-state index in [-0.39, 0.29) is 16.2 Å². The topological polar surface area (TPSA) is 61.5 Å². The van der Waals surface area contributed by atoms with E-state index >= 15 is 0 Å². The number of benzene rings is 1. The number of aromatic nitrogens is 3. The molecule has 0 amide bonds. The van der Waals surface area contributed by atoms with Gasteiger partial charge in [0.1, 0.15) is 10.5 Å². The van der Waals surface area contributed by atoms with E-state index < -0.39 is 5.69 Å². The number of nitrogens with one attached hydrogen (secondary N) is 2. The summed E-state index contributed by atoms with van der Waals surface area (Å²) in [5.74, 6) is -0.100. The average Bonchev–Trinajstić information content (AvgIpc) is 2.31. The number of rotatable bonds is 3. The first-order chi connectivity index (χ1) is 8.58. The summed E-state index contributed by atoms with van der Waals surface area (Å²) in [5.41, 5.74) is -0.0974. The molecule has 2 aromatic rings. The molecule has 0 saturated heterocycles. The highest BCUT2D eigenvalue weighted by Gasteiger charge is 2.09. The minimum atomic E-state index is -0.478. The Bertz CT molecular complexity index is 665. The molecular formula is C10H7ClFN3OS2. The van der Waals surface area contributed by atoms with Crippen LogP contribution in [-0.2, 0) is 5.75 Å². The Balaban J connectivity index is 2.22. The number of nitrogens with zero attached hydrogens (tertiary/aromatic N) is 1. The zero-order chi connectivity index (χ0) is 13.1. The van der Waals surface area contributed by atoms with Gasteiger partial charge < -0.3 is 0 Å². The van der Waals surface area contributed by atoms with Crippen LogP contribution in [0, 0.1) is 10.5 Å². The highest BCUT2D eigenvalue weighted by Crippen LogP contribution is 2.27. The normalized spacial score (nSPS) is 10.6. The molecule has 2 N–H and O–H groups in total. The smallest absolute Gasteiger partial charge is 0.295 e. The molecule has 0 bridgehead atoms. The molecule has 0 spiro atoms. The van der Waals surface area contributed by atoms with Crippen molar-refractivity contribution in [2.24, 2.45) is 0 Å². The Morgan fingerprint density at radius 1 is 1.50 bits per heavy atom. The van der Waals surface area contributed by atoms with Crippen LogP contribution in [-0.4, -0.2) is 15.2 Å². The van der Waals surface area contributed by atoms with Crippen LogP contribution < -0.4 is 5.69 Å². The summed E-state index contributed by atoms with van der Waals surface area (Å²) in [5, 5.41) is 6.78. The van der Waals surface area contributed by atoms with Gasteiger partial charge >= 0.3 is 5.69 Å². The third-order valence-electron chi connectivity index (χ3n) is 2.10. The van der Waals surface area contributed by atoms with Gasteiger partial charge in [0.25, 0.3) is 0 Å². The fourth-order valence-corrected chi connectivity index (χ4v) is 2.74. The number of aromatic amines is 2. The van der Waals surface area contributed by atoms with E-state index in [1.807, 2.05) is 0 Å². The highest BCUT2D eigenvalue weighted by atomic mass is 35.5. The molecule has 0 aliphatic carbocycles. The van der Waals surface area contributed by atoms with Crippen LogP contribution in [0.5, 0.6) is 0 Å². The molecule has 18 heavy (non-hydrogen) atoms. The van der Waals surface area contributed by atoms with Crippen molar-refractivity contribution >= 4 is 35.6 Å². The lowest BCUT2D eigenvalue weighted by atomic mass is 10.2. The van der Waals surface area contributed by atoms with Crippen LogP contribution in [0.15, 0.2) is 28.0 Å². The molecule has 2 rings (SSSR count). The first kappa shape index (κ1) is 13.3. The maximum atomic E-state index is 13.5. The van der Waals surface area contributed by atoms with Crippen LogP contribution >= 0.6 is 35.6 Å². The van der Waals surface area contributed by atoms with Crippen molar-refractivity contribution in [3.63, 3.8) is 0 Å². The summed E-state index contributed by atoms with van der Waals surface area (Å²) in [6, 6.07) is 4.49. The Kier molecular flexibility index (Phi) is 4.15. The monoisotopic (exact) mass is 303 g/mol. The molecule has 0 aliphatic heterocycles. The van der Waals surface area contributed by atoms with E-state index in [2.05, 4.69) is 15.2 Å².